The molecule has 6 heteroatoms. The summed E-state index contributed by atoms with van der Waals surface area (Å²) in [6.07, 6.45) is 2.90. The second-order valence-corrected chi connectivity index (χ2v) is 6.77. The first-order valence-electron chi connectivity index (χ1n) is 6.41. The summed E-state index contributed by atoms with van der Waals surface area (Å²) in [5.74, 6) is 0.518. The molecule has 5 nitrogen and oxygen atoms in total. The van der Waals surface area contributed by atoms with E-state index in [0.29, 0.717) is 12.5 Å². The van der Waals surface area contributed by atoms with Crippen molar-refractivity contribution in [1.82, 2.24) is 4.72 Å². The molecule has 1 rings (SSSR count). The molecule has 0 bridgehead atoms. The molecule has 0 saturated carbocycles. The van der Waals surface area contributed by atoms with E-state index in [-0.39, 0.29) is 16.3 Å². The van der Waals surface area contributed by atoms with Crippen LogP contribution in [0.5, 0.6) is 5.75 Å². The molecule has 0 atom stereocenters. The van der Waals surface area contributed by atoms with Crippen molar-refractivity contribution in [2.75, 3.05) is 12.3 Å². The van der Waals surface area contributed by atoms with Crippen LogP contribution in [-0.2, 0) is 10.0 Å². The number of rotatable bonds is 7. The molecule has 0 spiro atoms. The zero-order chi connectivity index (χ0) is 14.5. The highest BCUT2D eigenvalue weighted by atomic mass is 32.2. The first kappa shape index (κ1) is 15.8. The number of benzene rings is 1. The second kappa shape index (κ2) is 6.77. The van der Waals surface area contributed by atoms with Crippen molar-refractivity contribution in [1.29, 1.82) is 0 Å². The van der Waals surface area contributed by atoms with Crippen LogP contribution in [-0.4, -0.2) is 20.1 Å². The first-order chi connectivity index (χ1) is 8.83. The van der Waals surface area contributed by atoms with Gasteiger partial charge in [-0.05, 0) is 30.5 Å². The molecule has 0 unspecified atom stereocenters. The van der Waals surface area contributed by atoms with Crippen LogP contribution in [0.1, 0.15) is 33.1 Å². The van der Waals surface area contributed by atoms with E-state index in [0.717, 1.165) is 19.3 Å². The third-order valence-electron chi connectivity index (χ3n) is 2.81. The third kappa shape index (κ3) is 5.08. The number of hydrogen-bond acceptors (Lipinski definition) is 4. The van der Waals surface area contributed by atoms with Gasteiger partial charge in [0.15, 0.2) is 0 Å². The number of aromatic hydroxyl groups is 1. The van der Waals surface area contributed by atoms with Crippen LogP contribution in [0.25, 0.3) is 0 Å². The number of unbranched alkanes of at least 4 members (excludes halogenated alkanes) is 1. The number of sulfonamides is 1. The minimum absolute atomic E-state index is 0.0580. The largest absolute Gasteiger partial charge is 0.506 e. The number of anilines is 1. The molecule has 108 valence electrons. The molecule has 19 heavy (non-hydrogen) atoms. The fourth-order valence-corrected chi connectivity index (χ4v) is 2.78. The van der Waals surface area contributed by atoms with Crippen molar-refractivity contribution in [3.05, 3.63) is 18.2 Å². The van der Waals surface area contributed by atoms with Gasteiger partial charge >= 0.3 is 0 Å². The molecule has 0 aliphatic rings. The summed E-state index contributed by atoms with van der Waals surface area (Å²) in [4.78, 5) is 0.0756. The fraction of sp³-hybridized carbons (Fsp3) is 0.538. The maximum Gasteiger partial charge on any atom is 0.240 e. The number of phenolic OH excluding ortho intramolecular Hbond substituents is 1. The van der Waals surface area contributed by atoms with Gasteiger partial charge in [0.1, 0.15) is 5.75 Å². The molecule has 0 aromatic heterocycles. The maximum absolute atomic E-state index is 11.9. The Balaban J connectivity index is 2.54. The Morgan fingerprint density at radius 1 is 1.32 bits per heavy atom. The van der Waals surface area contributed by atoms with E-state index in [1.807, 2.05) is 0 Å². The van der Waals surface area contributed by atoms with Crippen molar-refractivity contribution in [2.45, 2.75) is 38.0 Å². The Hall–Kier alpha value is -1.27. The normalized spacial score (nSPS) is 11.9. The Morgan fingerprint density at radius 3 is 2.58 bits per heavy atom. The molecule has 0 fully saturated rings. The van der Waals surface area contributed by atoms with Crippen molar-refractivity contribution in [3.8, 4) is 5.75 Å². The fourth-order valence-electron chi connectivity index (χ4n) is 1.67. The Labute approximate surface area is 114 Å². The Morgan fingerprint density at radius 2 is 2.00 bits per heavy atom. The summed E-state index contributed by atoms with van der Waals surface area (Å²) in [7, 11) is -3.54. The van der Waals surface area contributed by atoms with Crippen molar-refractivity contribution >= 4 is 15.7 Å². The zero-order valence-corrected chi connectivity index (χ0v) is 12.2. The van der Waals surface area contributed by atoms with E-state index >= 15 is 0 Å². The quantitative estimate of drug-likeness (QED) is 0.406. The lowest BCUT2D eigenvalue weighted by molar-refractivity contribution is 0.477. The summed E-state index contributed by atoms with van der Waals surface area (Å²) >= 11 is 0. The van der Waals surface area contributed by atoms with Crippen molar-refractivity contribution in [2.24, 2.45) is 5.92 Å². The summed E-state index contributed by atoms with van der Waals surface area (Å²) in [6, 6.07) is 3.87. The molecule has 4 N–H and O–H groups in total. The van der Waals surface area contributed by atoms with E-state index < -0.39 is 10.0 Å². The van der Waals surface area contributed by atoms with Crippen LogP contribution in [0.15, 0.2) is 23.1 Å². The van der Waals surface area contributed by atoms with Gasteiger partial charge in [0.25, 0.3) is 0 Å². The van der Waals surface area contributed by atoms with Crippen LogP contribution in [0.3, 0.4) is 0 Å². The van der Waals surface area contributed by atoms with Crippen LogP contribution in [0.4, 0.5) is 5.69 Å². The molecular weight excluding hydrogens is 264 g/mol. The summed E-state index contributed by atoms with van der Waals surface area (Å²) in [5.41, 5.74) is 5.54. The highest BCUT2D eigenvalue weighted by Gasteiger charge is 2.14. The Kier molecular flexibility index (Phi) is 5.62. The van der Waals surface area contributed by atoms with Crippen molar-refractivity contribution < 1.29 is 13.5 Å². The number of nitrogens with one attached hydrogen (secondary N) is 1. The van der Waals surface area contributed by atoms with E-state index in [9.17, 15) is 13.5 Å². The monoisotopic (exact) mass is 286 g/mol. The van der Waals surface area contributed by atoms with Crippen LogP contribution in [0.2, 0.25) is 0 Å². The summed E-state index contributed by atoms with van der Waals surface area (Å²) in [6.45, 7) is 4.70. The van der Waals surface area contributed by atoms with Gasteiger partial charge in [-0.2, -0.15) is 0 Å². The SMILES string of the molecule is CC(C)CCCCNS(=O)(=O)c1ccc(O)c(N)c1. The van der Waals surface area contributed by atoms with Gasteiger partial charge in [-0.15, -0.1) is 0 Å². The van der Waals surface area contributed by atoms with Gasteiger partial charge in [-0.1, -0.05) is 26.7 Å². The van der Waals surface area contributed by atoms with E-state index in [4.69, 9.17) is 5.73 Å². The molecule has 0 saturated heterocycles. The molecule has 0 amide bonds. The van der Waals surface area contributed by atoms with Gasteiger partial charge in [0.2, 0.25) is 10.0 Å². The molecule has 0 radical (unpaired) electrons. The number of phenols is 1. The van der Waals surface area contributed by atoms with Gasteiger partial charge in [0.05, 0.1) is 10.6 Å². The van der Waals surface area contributed by atoms with E-state index in [2.05, 4.69) is 18.6 Å². The minimum Gasteiger partial charge on any atom is -0.506 e. The lowest BCUT2D eigenvalue weighted by Crippen LogP contribution is -2.24. The minimum atomic E-state index is -3.54. The van der Waals surface area contributed by atoms with Crippen molar-refractivity contribution in [3.63, 3.8) is 0 Å². The molecule has 0 heterocycles. The lowest BCUT2D eigenvalue weighted by Gasteiger charge is -2.08. The van der Waals surface area contributed by atoms with Gasteiger partial charge in [-0.3, -0.25) is 0 Å². The summed E-state index contributed by atoms with van der Waals surface area (Å²) in [5, 5.41) is 9.27. The second-order valence-electron chi connectivity index (χ2n) is 5.01. The molecule has 1 aromatic rings. The highest BCUT2D eigenvalue weighted by molar-refractivity contribution is 7.89. The molecule has 1 aromatic carbocycles. The average molecular weight is 286 g/mol. The van der Waals surface area contributed by atoms with Gasteiger partial charge in [0, 0.05) is 6.54 Å². The summed E-state index contributed by atoms with van der Waals surface area (Å²) < 4.78 is 26.4. The molecular formula is C13H22N2O3S. The lowest BCUT2D eigenvalue weighted by atomic mass is 10.1. The number of nitrogens with two attached hydrogens (primary N) is 1. The predicted molar refractivity (Wildman–Crippen MR) is 76.4 cm³/mol. The standard InChI is InChI=1S/C13H22N2O3S/c1-10(2)5-3-4-8-15-19(17,18)11-6-7-13(16)12(14)9-11/h6-7,9-10,15-16H,3-5,8,14H2,1-2H3. The van der Waals surface area contributed by atoms with E-state index in [1.54, 1.807) is 0 Å². The van der Waals surface area contributed by atoms with E-state index in [1.165, 1.54) is 18.2 Å². The van der Waals surface area contributed by atoms with Gasteiger partial charge < -0.3 is 10.8 Å². The first-order valence-corrected chi connectivity index (χ1v) is 7.89. The number of hydrogen-bond donors (Lipinski definition) is 3. The van der Waals surface area contributed by atoms with Crippen LogP contribution < -0.4 is 10.5 Å². The predicted octanol–water partition coefficient (Wildman–Crippen LogP) is 2.08. The number of nitrogen functional groups attached to an aromatic ring is 1. The molecule has 0 aliphatic heterocycles. The average Bonchev–Trinajstić information content (AvgIpc) is 2.31. The maximum atomic E-state index is 11.9. The third-order valence-corrected chi connectivity index (χ3v) is 4.27. The zero-order valence-electron chi connectivity index (χ0n) is 11.4. The van der Waals surface area contributed by atoms with Crippen LogP contribution >= 0.6 is 0 Å². The highest BCUT2D eigenvalue weighted by Crippen LogP contribution is 2.22. The Bertz CT molecular complexity index is 513. The van der Waals surface area contributed by atoms with Crippen LogP contribution in [0, 0.1) is 5.92 Å². The van der Waals surface area contributed by atoms with Gasteiger partial charge in [-0.25, -0.2) is 13.1 Å². The topological polar surface area (TPSA) is 92.4 Å². The smallest absolute Gasteiger partial charge is 0.240 e. The molecule has 0 aliphatic carbocycles.